The fourth-order valence-corrected chi connectivity index (χ4v) is 4.20. The van der Waals surface area contributed by atoms with Crippen molar-refractivity contribution in [2.75, 3.05) is 26.2 Å². The van der Waals surface area contributed by atoms with Crippen LogP contribution in [0.1, 0.15) is 60.0 Å². The van der Waals surface area contributed by atoms with Crippen LogP contribution in [0, 0.1) is 13.8 Å². The number of aromatic nitrogens is 3. The van der Waals surface area contributed by atoms with Crippen LogP contribution in [0.15, 0.2) is 24.5 Å². The molecule has 7 nitrogen and oxygen atoms in total. The highest BCUT2D eigenvalue weighted by atomic mass is 16.2. The summed E-state index contributed by atoms with van der Waals surface area (Å²) < 4.78 is 1.83. The number of hydrogen-bond donors (Lipinski definition) is 0. The molecule has 1 fully saturated rings. The van der Waals surface area contributed by atoms with E-state index >= 15 is 0 Å². The Morgan fingerprint density at radius 3 is 2.62 bits per heavy atom. The molecule has 3 heterocycles. The van der Waals surface area contributed by atoms with E-state index in [-0.39, 0.29) is 17.7 Å². The molecule has 0 spiro atoms. The summed E-state index contributed by atoms with van der Waals surface area (Å²) in [6, 6.07) is 3.97. The van der Waals surface area contributed by atoms with Crippen molar-refractivity contribution in [2.24, 2.45) is 0 Å². The number of pyridine rings is 1. The monoisotopic (exact) mass is 397 g/mol. The first-order valence-electron chi connectivity index (χ1n) is 10.3. The highest BCUT2D eigenvalue weighted by molar-refractivity contribution is 5.96. The Balaban J connectivity index is 1.58. The number of carbonyl (C=O) groups is 2. The maximum Gasteiger partial charge on any atom is 0.224 e. The summed E-state index contributed by atoms with van der Waals surface area (Å²) in [5.41, 5.74) is 3.45. The SMILES string of the molecule is CC(=O)c1c(C)nn([C@H](C)CC(=O)N2CCCN(Cc3cccnc3)CC2)c1C. The number of ketones is 1. The minimum absolute atomic E-state index is 0.0194. The summed E-state index contributed by atoms with van der Waals surface area (Å²) in [6.07, 6.45) is 5.05. The molecule has 0 aromatic carbocycles. The average molecular weight is 398 g/mol. The molecule has 1 atom stereocenters. The fourth-order valence-electron chi connectivity index (χ4n) is 4.20. The van der Waals surface area contributed by atoms with E-state index in [0.717, 1.165) is 50.5 Å². The topological polar surface area (TPSA) is 71.3 Å². The Bertz CT molecular complexity index is 862. The van der Waals surface area contributed by atoms with Crippen molar-refractivity contribution in [3.05, 3.63) is 47.0 Å². The van der Waals surface area contributed by atoms with E-state index in [4.69, 9.17) is 0 Å². The van der Waals surface area contributed by atoms with Crippen LogP contribution in [0.4, 0.5) is 0 Å². The van der Waals surface area contributed by atoms with E-state index in [0.29, 0.717) is 12.0 Å². The Kier molecular flexibility index (Phi) is 6.79. The zero-order valence-corrected chi connectivity index (χ0v) is 17.9. The molecule has 2 aromatic rings. The van der Waals surface area contributed by atoms with Crippen molar-refractivity contribution in [3.63, 3.8) is 0 Å². The van der Waals surface area contributed by atoms with Gasteiger partial charge in [0.1, 0.15) is 0 Å². The van der Waals surface area contributed by atoms with Gasteiger partial charge in [0, 0.05) is 57.2 Å². The first-order chi connectivity index (χ1) is 13.9. The average Bonchev–Trinajstić information content (AvgIpc) is 2.84. The van der Waals surface area contributed by atoms with Gasteiger partial charge < -0.3 is 4.90 Å². The Labute approximate surface area is 172 Å². The molecule has 0 radical (unpaired) electrons. The van der Waals surface area contributed by atoms with Crippen LogP contribution in [-0.4, -0.2) is 62.4 Å². The van der Waals surface area contributed by atoms with Crippen LogP contribution in [0.3, 0.4) is 0 Å². The van der Waals surface area contributed by atoms with Gasteiger partial charge in [-0.3, -0.25) is 24.2 Å². The summed E-state index contributed by atoms with van der Waals surface area (Å²) in [6.45, 7) is 11.5. The van der Waals surface area contributed by atoms with Gasteiger partial charge in [-0.25, -0.2) is 0 Å². The zero-order chi connectivity index (χ0) is 21.0. The molecule has 0 aliphatic carbocycles. The largest absolute Gasteiger partial charge is 0.341 e. The van der Waals surface area contributed by atoms with Crippen LogP contribution in [-0.2, 0) is 11.3 Å². The highest BCUT2D eigenvalue weighted by Gasteiger charge is 2.24. The van der Waals surface area contributed by atoms with Crippen LogP contribution >= 0.6 is 0 Å². The maximum absolute atomic E-state index is 12.9. The summed E-state index contributed by atoms with van der Waals surface area (Å²) in [5, 5.41) is 4.52. The quantitative estimate of drug-likeness (QED) is 0.701. The second-order valence-corrected chi connectivity index (χ2v) is 7.97. The molecular formula is C22H31N5O2. The lowest BCUT2D eigenvalue weighted by Gasteiger charge is -2.24. The number of hydrogen-bond acceptors (Lipinski definition) is 5. The van der Waals surface area contributed by atoms with Crippen molar-refractivity contribution in [1.29, 1.82) is 0 Å². The summed E-state index contributed by atoms with van der Waals surface area (Å²) >= 11 is 0. The molecule has 1 aliphatic heterocycles. The summed E-state index contributed by atoms with van der Waals surface area (Å²) in [5.74, 6) is 0.170. The molecule has 0 N–H and O–H groups in total. The van der Waals surface area contributed by atoms with Crippen molar-refractivity contribution in [3.8, 4) is 0 Å². The van der Waals surface area contributed by atoms with Gasteiger partial charge in [-0.1, -0.05) is 6.07 Å². The van der Waals surface area contributed by atoms with Gasteiger partial charge in [-0.05, 0) is 45.7 Å². The molecule has 0 unspecified atom stereocenters. The molecule has 3 rings (SSSR count). The first-order valence-corrected chi connectivity index (χ1v) is 10.3. The Morgan fingerprint density at radius 2 is 1.97 bits per heavy atom. The lowest BCUT2D eigenvalue weighted by molar-refractivity contribution is -0.131. The Morgan fingerprint density at radius 1 is 1.17 bits per heavy atom. The van der Waals surface area contributed by atoms with Crippen LogP contribution < -0.4 is 0 Å². The second-order valence-electron chi connectivity index (χ2n) is 7.97. The van der Waals surface area contributed by atoms with E-state index in [1.54, 1.807) is 13.1 Å². The van der Waals surface area contributed by atoms with Crippen molar-refractivity contribution >= 4 is 11.7 Å². The van der Waals surface area contributed by atoms with Crippen LogP contribution in [0.25, 0.3) is 0 Å². The van der Waals surface area contributed by atoms with Crippen molar-refractivity contribution in [2.45, 2.75) is 53.1 Å². The van der Waals surface area contributed by atoms with E-state index < -0.39 is 0 Å². The molecule has 7 heteroatoms. The fraction of sp³-hybridized carbons (Fsp3) is 0.545. The molecular weight excluding hydrogens is 366 g/mol. The van der Waals surface area contributed by atoms with Gasteiger partial charge in [0.2, 0.25) is 5.91 Å². The highest BCUT2D eigenvalue weighted by Crippen LogP contribution is 2.21. The first kappa shape index (κ1) is 21.2. The van der Waals surface area contributed by atoms with Gasteiger partial charge in [-0.2, -0.15) is 5.10 Å². The number of nitrogens with zero attached hydrogens (tertiary/aromatic N) is 5. The number of amides is 1. The van der Waals surface area contributed by atoms with Gasteiger partial charge in [0.05, 0.1) is 17.3 Å². The second kappa shape index (κ2) is 9.31. The predicted octanol–water partition coefficient (Wildman–Crippen LogP) is 2.78. The number of rotatable bonds is 6. The molecule has 29 heavy (non-hydrogen) atoms. The minimum atomic E-state index is -0.0796. The van der Waals surface area contributed by atoms with E-state index in [2.05, 4.69) is 21.0 Å². The van der Waals surface area contributed by atoms with E-state index in [1.165, 1.54) is 5.56 Å². The third-order valence-corrected chi connectivity index (χ3v) is 5.63. The number of Topliss-reactive ketones (excluding diaryl/α,β-unsaturated/α-hetero) is 1. The van der Waals surface area contributed by atoms with Gasteiger partial charge >= 0.3 is 0 Å². The Hall–Kier alpha value is -2.54. The van der Waals surface area contributed by atoms with Crippen LogP contribution in [0.5, 0.6) is 0 Å². The summed E-state index contributed by atoms with van der Waals surface area (Å²) in [4.78, 5) is 33.3. The molecule has 2 aromatic heterocycles. The maximum atomic E-state index is 12.9. The third-order valence-electron chi connectivity index (χ3n) is 5.63. The summed E-state index contributed by atoms with van der Waals surface area (Å²) in [7, 11) is 0. The normalized spacial score (nSPS) is 16.5. The van der Waals surface area contributed by atoms with Gasteiger partial charge in [0.25, 0.3) is 0 Å². The number of carbonyl (C=O) groups excluding carboxylic acids is 2. The van der Waals surface area contributed by atoms with Crippen molar-refractivity contribution < 1.29 is 9.59 Å². The lowest BCUT2D eigenvalue weighted by Crippen LogP contribution is -2.36. The molecule has 1 aliphatic rings. The van der Waals surface area contributed by atoms with Gasteiger partial charge in [-0.15, -0.1) is 0 Å². The molecule has 1 amide bonds. The predicted molar refractivity (Wildman–Crippen MR) is 112 cm³/mol. The lowest BCUT2D eigenvalue weighted by atomic mass is 10.1. The molecule has 1 saturated heterocycles. The third kappa shape index (κ3) is 5.09. The van der Waals surface area contributed by atoms with Crippen LogP contribution in [0.2, 0.25) is 0 Å². The standard InChI is InChI=1S/C22H31N5O2/c1-16(27-18(3)22(19(4)28)17(2)24-27)13-21(29)26-10-6-9-25(11-12-26)15-20-7-5-8-23-14-20/h5,7-8,14,16H,6,9-13,15H2,1-4H3/t16-/m1/s1. The minimum Gasteiger partial charge on any atom is -0.341 e. The smallest absolute Gasteiger partial charge is 0.224 e. The molecule has 0 saturated carbocycles. The van der Waals surface area contributed by atoms with Crippen molar-refractivity contribution in [1.82, 2.24) is 24.6 Å². The molecule has 156 valence electrons. The van der Waals surface area contributed by atoms with E-state index in [9.17, 15) is 9.59 Å². The van der Waals surface area contributed by atoms with Gasteiger partial charge in [0.15, 0.2) is 5.78 Å². The van der Waals surface area contributed by atoms with E-state index in [1.807, 2.05) is 42.6 Å². The zero-order valence-electron chi connectivity index (χ0n) is 17.9. The number of aryl methyl sites for hydroxylation is 1. The molecule has 0 bridgehead atoms.